The van der Waals surface area contributed by atoms with E-state index in [1.807, 2.05) is 0 Å². The van der Waals surface area contributed by atoms with Crippen molar-refractivity contribution in [2.45, 2.75) is 12.5 Å². The van der Waals surface area contributed by atoms with E-state index in [4.69, 9.17) is 21.1 Å². The third-order valence-electron chi connectivity index (χ3n) is 4.95. The van der Waals surface area contributed by atoms with E-state index < -0.39 is 17.7 Å². The minimum absolute atomic E-state index is 0.0319. The van der Waals surface area contributed by atoms with E-state index >= 15 is 0 Å². The van der Waals surface area contributed by atoms with Crippen molar-refractivity contribution in [1.82, 2.24) is 4.90 Å². The standard InChI is InChI=1S/C24H24ClNO5/c1-3-13-31-19-10-8-16(9-11-19)22(27)20-21(17-6-4-7-18(25)15-17)26(12-5-14-30-2)24(29)23(20)28/h3-4,6-11,15,21,27H,1,5,12-14H2,2H3. The highest BCUT2D eigenvalue weighted by Gasteiger charge is 2.45. The lowest BCUT2D eigenvalue weighted by molar-refractivity contribution is -0.140. The average molecular weight is 442 g/mol. The second-order valence-corrected chi connectivity index (χ2v) is 7.45. The summed E-state index contributed by atoms with van der Waals surface area (Å²) in [5, 5.41) is 11.5. The summed E-state index contributed by atoms with van der Waals surface area (Å²) in [6, 6.07) is 12.8. The van der Waals surface area contributed by atoms with E-state index in [2.05, 4.69) is 6.58 Å². The van der Waals surface area contributed by atoms with Crippen LogP contribution in [0.15, 0.2) is 66.8 Å². The number of ether oxygens (including phenoxy) is 2. The molecule has 1 unspecified atom stereocenters. The highest BCUT2D eigenvalue weighted by Crippen LogP contribution is 2.40. The maximum Gasteiger partial charge on any atom is 0.295 e. The first-order valence-electron chi connectivity index (χ1n) is 9.85. The molecule has 1 aliphatic heterocycles. The summed E-state index contributed by atoms with van der Waals surface area (Å²) in [4.78, 5) is 27.2. The van der Waals surface area contributed by atoms with Gasteiger partial charge in [-0.15, -0.1) is 0 Å². The number of amides is 1. The van der Waals surface area contributed by atoms with E-state index in [0.717, 1.165) is 0 Å². The molecule has 0 spiro atoms. The lowest BCUT2D eigenvalue weighted by atomic mass is 9.95. The van der Waals surface area contributed by atoms with Crippen molar-refractivity contribution < 1.29 is 24.2 Å². The average Bonchev–Trinajstić information content (AvgIpc) is 3.03. The summed E-state index contributed by atoms with van der Waals surface area (Å²) >= 11 is 6.17. The summed E-state index contributed by atoms with van der Waals surface area (Å²) in [6.07, 6.45) is 2.18. The number of likely N-dealkylation sites (tertiary alicyclic amines) is 1. The van der Waals surface area contributed by atoms with Crippen LogP contribution in [-0.2, 0) is 14.3 Å². The van der Waals surface area contributed by atoms with Gasteiger partial charge in [0.15, 0.2) is 0 Å². The Morgan fingerprint density at radius 2 is 1.97 bits per heavy atom. The largest absolute Gasteiger partial charge is 0.507 e. The molecule has 2 aromatic carbocycles. The normalized spacial score (nSPS) is 17.7. The molecule has 0 saturated carbocycles. The Labute approximate surface area is 186 Å². The van der Waals surface area contributed by atoms with Crippen LogP contribution in [-0.4, -0.2) is 48.6 Å². The molecule has 0 radical (unpaired) electrons. The summed E-state index contributed by atoms with van der Waals surface area (Å²) in [5.41, 5.74) is 1.09. The van der Waals surface area contributed by atoms with Crippen LogP contribution in [0.2, 0.25) is 5.02 Å². The van der Waals surface area contributed by atoms with Crippen molar-refractivity contribution in [2.24, 2.45) is 0 Å². The number of carbonyl (C=O) groups excluding carboxylic acids is 2. The molecule has 6 nitrogen and oxygen atoms in total. The van der Waals surface area contributed by atoms with E-state index in [0.29, 0.717) is 48.1 Å². The van der Waals surface area contributed by atoms with E-state index in [1.165, 1.54) is 4.90 Å². The molecule has 162 valence electrons. The number of rotatable bonds is 9. The van der Waals surface area contributed by atoms with Crippen LogP contribution in [0.25, 0.3) is 5.76 Å². The number of hydrogen-bond donors (Lipinski definition) is 1. The third-order valence-corrected chi connectivity index (χ3v) is 5.18. The number of halogens is 1. The van der Waals surface area contributed by atoms with Crippen molar-refractivity contribution in [3.05, 3.63) is 82.9 Å². The number of ketones is 1. The van der Waals surface area contributed by atoms with Crippen molar-refractivity contribution in [2.75, 3.05) is 26.9 Å². The fraction of sp³-hybridized carbons (Fsp3) is 0.250. The molecule has 0 aromatic heterocycles. The minimum atomic E-state index is -0.743. The lowest BCUT2D eigenvalue weighted by Crippen LogP contribution is -2.31. The van der Waals surface area contributed by atoms with Crippen LogP contribution in [0.4, 0.5) is 0 Å². The molecule has 1 saturated heterocycles. The zero-order valence-corrected chi connectivity index (χ0v) is 18.0. The Morgan fingerprint density at radius 3 is 2.61 bits per heavy atom. The lowest BCUT2D eigenvalue weighted by Gasteiger charge is -2.25. The highest BCUT2D eigenvalue weighted by molar-refractivity contribution is 6.46. The molecule has 1 heterocycles. The number of benzene rings is 2. The van der Waals surface area contributed by atoms with Crippen molar-refractivity contribution in [3.63, 3.8) is 0 Å². The molecule has 31 heavy (non-hydrogen) atoms. The molecular weight excluding hydrogens is 418 g/mol. The van der Waals surface area contributed by atoms with Gasteiger partial charge in [0, 0.05) is 30.8 Å². The maximum absolute atomic E-state index is 12.9. The zero-order valence-electron chi connectivity index (χ0n) is 17.2. The van der Waals surface area contributed by atoms with Crippen LogP contribution >= 0.6 is 11.6 Å². The number of nitrogens with zero attached hydrogens (tertiary/aromatic N) is 1. The monoisotopic (exact) mass is 441 g/mol. The van der Waals surface area contributed by atoms with Gasteiger partial charge in [-0.25, -0.2) is 0 Å². The molecule has 0 aliphatic carbocycles. The van der Waals surface area contributed by atoms with Crippen LogP contribution in [0.5, 0.6) is 5.75 Å². The molecule has 2 aromatic rings. The number of hydrogen-bond acceptors (Lipinski definition) is 5. The highest BCUT2D eigenvalue weighted by atomic mass is 35.5. The van der Waals surface area contributed by atoms with Crippen LogP contribution in [0.3, 0.4) is 0 Å². The predicted molar refractivity (Wildman–Crippen MR) is 119 cm³/mol. The first kappa shape index (κ1) is 22.6. The number of Topliss-reactive ketones (excluding diaryl/α,β-unsaturated/α-hetero) is 1. The van der Waals surface area contributed by atoms with Gasteiger partial charge in [-0.2, -0.15) is 0 Å². The van der Waals surface area contributed by atoms with Crippen molar-refractivity contribution >= 4 is 29.1 Å². The summed E-state index contributed by atoms with van der Waals surface area (Å²) in [5.74, 6) is -1.03. The molecule has 1 atom stereocenters. The topological polar surface area (TPSA) is 76.1 Å². The second-order valence-electron chi connectivity index (χ2n) is 7.02. The van der Waals surface area contributed by atoms with Gasteiger partial charge in [-0.1, -0.05) is 36.4 Å². The molecule has 7 heteroatoms. The number of aliphatic hydroxyl groups excluding tert-OH is 1. The molecule has 1 amide bonds. The van der Waals surface area contributed by atoms with Gasteiger partial charge >= 0.3 is 0 Å². The molecule has 3 rings (SSSR count). The Hall–Kier alpha value is -3.09. The van der Waals surface area contributed by atoms with Gasteiger partial charge in [0.1, 0.15) is 18.1 Å². The smallest absolute Gasteiger partial charge is 0.295 e. The summed E-state index contributed by atoms with van der Waals surface area (Å²) < 4.78 is 10.5. The van der Waals surface area contributed by atoms with Gasteiger partial charge in [0.25, 0.3) is 11.7 Å². The second kappa shape index (κ2) is 10.3. The predicted octanol–water partition coefficient (Wildman–Crippen LogP) is 4.36. The Bertz CT molecular complexity index is 999. The van der Waals surface area contributed by atoms with Gasteiger partial charge in [0.2, 0.25) is 0 Å². The molecule has 0 bridgehead atoms. The third kappa shape index (κ3) is 4.98. The molecule has 1 aliphatic rings. The number of aliphatic hydroxyl groups is 1. The summed E-state index contributed by atoms with van der Waals surface area (Å²) in [6.45, 7) is 4.70. The number of methoxy groups -OCH3 is 1. The van der Waals surface area contributed by atoms with E-state index in [9.17, 15) is 14.7 Å². The van der Waals surface area contributed by atoms with Crippen molar-refractivity contribution in [1.29, 1.82) is 0 Å². The van der Waals surface area contributed by atoms with Gasteiger partial charge in [-0.3, -0.25) is 9.59 Å². The fourth-order valence-corrected chi connectivity index (χ4v) is 3.73. The maximum atomic E-state index is 12.9. The van der Waals surface area contributed by atoms with Gasteiger partial charge < -0.3 is 19.5 Å². The Balaban J connectivity index is 2.04. The van der Waals surface area contributed by atoms with Crippen LogP contribution in [0.1, 0.15) is 23.6 Å². The Kier molecular flexibility index (Phi) is 7.50. The molecular formula is C24H24ClNO5. The Morgan fingerprint density at radius 1 is 1.23 bits per heavy atom. The van der Waals surface area contributed by atoms with Gasteiger partial charge in [0.05, 0.1) is 11.6 Å². The van der Waals surface area contributed by atoms with E-state index in [-0.39, 0.29) is 11.3 Å². The number of carbonyl (C=O) groups is 2. The first-order valence-corrected chi connectivity index (χ1v) is 10.2. The van der Waals surface area contributed by atoms with Crippen LogP contribution < -0.4 is 4.74 Å². The minimum Gasteiger partial charge on any atom is -0.507 e. The van der Waals surface area contributed by atoms with Crippen LogP contribution in [0, 0.1) is 0 Å². The SMILES string of the molecule is C=CCOc1ccc(C(O)=C2C(=O)C(=O)N(CCCOC)C2c2cccc(Cl)c2)cc1. The van der Waals surface area contributed by atoms with Crippen molar-refractivity contribution in [3.8, 4) is 5.75 Å². The first-order chi connectivity index (χ1) is 15.0. The fourth-order valence-electron chi connectivity index (χ4n) is 3.53. The zero-order chi connectivity index (χ0) is 22.4. The summed E-state index contributed by atoms with van der Waals surface area (Å²) in [7, 11) is 1.57. The molecule has 1 fully saturated rings. The molecule has 1 N–H and O–H groups in total. The van der Waals surface area contributed by atoms with E-state index in [1.54, 1.807) is 61.7 Å². The van der Waals surface area contributed by atoms with Gasteiger partial charge in [-0.05, 0) is 48.4 Å². The quantitative estimate of drug-likeness (QED) is 0.206.